The van der Waals surface area contributed by atoms with Crippen LogP contribution in [0.5, 0.6) is 0 Å². The van der Waals surface area contributed by atoms with Gasteiger partial charge < -0.3 is 9.98 Å². The molecule has 86 valence electrons. The summed E-state index contributed by atoms with van der Waals surface area (Å²) in [7, 11) is 0. The number of pyridine rings is 1. The van der Waals surface area contributed by atoms with Gasteiger partial charge in [0.2, 0.25) is 0 Å². The van der Waals surface area contributed by atoms with Gasteiger partial charge in [-0.2, -0.15) is 0 Å². The Morgan fingerprint density at radius 2 is 2.06 bits per heavy atom. The van der Waals surface area contributed by atoms with E-state index in [2.05, 4.69) is 0 Å². The quantitative estimate of drug-likeness (QED) is 0.855. The molecule has 1 N–H and O–H groups in total. The monoisotopic (exact) mass is 226 g/mol. The van der Waals surface area contributed by atoms with E-state index in [1.807, 2.05) is 35.0 Å². The summed E-state index contributed by atoms with van der Waals surface area (Å²) in [4.78, 5) is 11.8. The zero-order valence-corrected chi connectivity index (χ0v) is 9.52. The third kappa shape index (κ3) is 1.88. The van der Waals surface area contributed by atoms with Crippen LogP contribution in [-0.4, -0.2) is 10.4 Å². The van der Waals surface area contributed by atoms with Gasteiger partial charge >= 0.3 is 0 Å². The molecule has 17 heavy (non-hydrogen) atoms. The van der Waals surface area contributed by atoms with Crippen molar-refractivity contribution in [2.24, 2.45) is 5.92 Å². The Hall–Kier alpha value is -1.90. The first-order valence-electron chi connectivity index (χ1n) is 5.91. The summed E-state index contributed by atoms with van der Waals surface area (Å²) in [6.07, 6.45) is 3.94. The van der Waals surface area contributed by atoms with Crippen LogP contribution in [0, 0.1) is 11.3 Å². The average molecular weight is 226 g/mol. The number of aromatic nitrogens is 1. The summed E-state index contributed by atoms with van der Waals surface area (Å²) in [5, 5.41) is 9.25. The summed E-state index contributed by atoms with van der Waals surface area (Å²) in [5.41, 5.74) is 0.967. The molecule has 3 rings (SSSR count). The molecule has 1 aliphatic rings. The molecule has 1 heterocycles. The minimum atomic E-state index is 0.289. The van der Waals surface area contributed by atoms with Crippen LogP contribution in [-0.2, 0) is 11.3 Å². The molecule has 1 aromatic heterocycles. The number of hydrogen-bond donors (Lipinski definition) is 1. The summed E-state index contributed by atoms with van der Waals surface area (Å²) < 4.78 is 1.95. The van der Waals surface area contributed by atoms with Gasteiger partial charge in [0.05, 0.1) is 17.4 Å². The van der Waals surface area contributed by atoms with Gasteiger partial charge in [-0.05, 0) is 25.0 Å². The van der Waals surface area contributed by atoms with Gasteiger partial charge in [-0.1, -0.05) is 18.2 Å². The highest BCUT2D eigenvalue weighted by atomic mass is 16.1. The molecule has 0 spiro atoms. The fourth-order valence-corrected chi connectivity index (χ4v) is 2.13. The number of para-hydroxylation sites is 1. The van der Waals surface area contributed by atoms with E-state index in [4.69, 9.17) is 5.41 Å². The molecule has 0 amide bonds. The molecule has 0 unspecified atom stereocenters. The highest BCUT2D eigenvalue weighted by Gasteiger charge is 2.29. The van der Waals surface area contributed by atoms with E-state index in [1.54, 1.807) is 6.07 Å². The second-order valence-electron chi connectivity index (χ2n) is 4.62. The topological polar surface area (TPSA) is 45.9 Å². The summed E-state index contributed by atoms with van der Waals surface area (Å²) >= 11 is 0. The molecule has 1 aromatic carbocycles. The fourth-order valence-electron chi connectivity index (χ4n) is 2.13. The fraction of sp³-hybridized carbons (Fsp3) is 0.286. The Morgan fingerprint density at radius 3 is 2.82 bits per heavy atom. The van der Waals surface area contributed by atoms with Crippen LogP contribution in [0.15, 0.2) is 36.5 Å². The largest absolute Gasteiger partial charge is 0.340 e. The standard InChI is InChI=1S/C14H14N2O/c15-12-7-8-16(9-14(17)10-5-6-10)13-4-2-1-3-11(12)13/h1-4,7-8,10,15H,5-6,9H2. The van der Waals surface area contributed by atoms with E-state index in [1.165, 1.54) is 0 Å². The maximum absolute atomic E-state index is 11.8. The predicted molar refractivity (Wildman–Crippen MR) is 65.5 cm³/mol. The summed E-state index contributed by atoms with van der Waals surface area (Å²) in [6.45, 7) is 0.436. The predicted octanol–water partition coefficient (Wildman–Crippen LogP) is 2.10. The number of nitrogens with one attached hydrogen (secondary N) is 1. The van der Waals surface area contributed by atoms with Gasteiger partial charge in [-0.25, -0.2) is 0 Å². The van der Waals surface area contributed by atoms with Crippen LogP contribution < -0.4 is 5.36 Å². The Labute approximate surface area is 99.2 Å². The minimum Gasteiger partial charge on any atom is -0.340 e. The second kappa shape index (κ2) is 3.84. The molecule has 0 radical (unpaired) electrons. The molecular formula is C14H14N2O. The Kier molecular flexibility index (Phi) is 2.32. The molecule has 1 saturated carbocycles. The smallest absolute Gasteiger partial charge is 0.155 e. The van der Waals surface area contributed by atoms with Crippen LogP contribution in [0.25, 0.3) is 10.9 Å². The highest BCUT2D eigenvalue weighted by Crippen LogP contribution is 2.30. The van der Waals surface area contributed by atoms with E-state index >= 15 is 0 Å². The zero-order valence-electron chi connectivity index (χ0n) is 9.52. The Balaban J connectivity index is 2.07. The van der Waals surface area contributed by atoms with Crippen LogP contribution >= 0.6 is 0 Å². The number of hydrogen-bond acceptors (Lipinski definition) is 2. The van der Waals surface area contributed by atoms with Gasteiger partial charge in [-0.3, -0.25) is 4.79 Å². The Morgan fingerprint density at radius 1 is 1.29 bits per heavy atom. The van der Waals surface area contributed by atoms with Crippen molar-refractivity contribution in [3.05, 3.63) is 41.9 Å². The lowest BCUT2D eigenvalue weighted by Gasteiger charge is -2.09. The van der Waals surface area contributed by atoms with Crippen molar-refractivity contribution in [1.82, 2.24) is 4.57 Å². The number of nitrogens with zero attached hydrogens (tertiary/aromatic N) is 1. The minimum absolute atomic E-state index is 0.289. The van der Waals surface area contributed by atoms with E-state index in [-0.39, 0.29) is 5.92 Å². The summed E-state index contributed by atoms with van der Waals surface area (Å²) in [6, 6.07) is 9.51. The van der Waals surface area contributed by atoms with E-state index in [0.717, 1.165) is 23.7 Å². The van der Waals surface area contributed by atoms with E-state index in [9.17, 15) is 4.79 Å². The van der Waals surface area contributed by atoms with E-state index in [0.29, 0.717) is 17.7 Å². The van der Waals surface area contributed by atoms with Crippen molar-refractivity contribution in [3.8, 4) is 0 Å². The van der Waals surface area contributed by atoms with Crippen molar-refractivity contribution in [1.29, 1.82) is 5.41 Å². The van der Waals surface area contributed by atoms with Gasteiger partial charge in [-0.15, -0.1) is 0 Å². The summed E-state index contributed by atoms with van der Waals surface area (Å²) in [5.74, 6) is 0.606. The number of benzene rings is 1. The van der Waals surface area contributed by atoms with Crippen molar-refractivity contribution in [2.45, 2.75) is 19.4 Å². The van der Waals surface area contributed by atoms with Crippen LogP contribution in [0.4, 0.5) is 0 Å². The molecule has 0 atom stereocenters. The van der Waals surface area contributed by atoms with Crippen molar-refractivity contribution >= 4 is 16.7 Å². The second-order valence-corrected chi connectivity index (χ2v) is 4.62. The maximum atomic E-state index is 11.8. The number of ketones is 1. The van der Waals surface area contributed by atoms with Crippen LogP contribution in [0.2, 0.25) is 0 Å². The molecule has 1 aliphatic carbocycles. The molecule has 1 fully saturated rings. The number of Topliss-reactive ketones (excluding diaryl/α,β-unsaturated/α-hetero) is 1. The van der Waals surface area contributed by atoms with Crippen molar-refractivity contribution in [3.63, 3.8) is 0 Å². The highest BCUT2D eigenvalue weighted by molar-refractivity contribution is 5.85. The molecule has 0 aliphatic heterocycles. The molecular weight excluding hydrogens is 212 g/mol. The van der Waals surface area contributed by atoms with Gasteiger partial charge in [0.25, 0.3) is 0 Å². The Bertz CT molecular complexity index is 638. The van der Waals surface area contributed by atoms with Gasteiger partial charge in [0, 0.05) is 17.5 Å². The maximum Gasteiger partial charge on any atom is 0.155 e. The number of carbonyl (C=O) groups is 1. The molecule has 0 bridgehead atoms. The number of fused-ring (bicyclic) bond motifs is 1. The first kappa shape index (κ1) is 10.3. The first-order chi connectivity index (χ1) is 8.25. The normalized spacial score (nSPS) is 15.1. The van der Waals surface area contributed by atoms with Crippen LogP contribution in [0.3, 0.4) is 0 Å². The third-order valence-corrected chi connectivity index (χ3v) is 3.28. The lowest BCUT2D eigenvalue weighted by molar-refractivity contribution is -0.120. The van der Waals surface area contributed by atoms with E-state index < -0.39 is 0 Å². The SMILES string of the molecule is N=c1ccn(CC(=O)C2CC2)c2ccccc12. The van der Waals surface area contributed by atoms with Crippen LogP contribution in [0.1, 0.15) is 12.8 Å². The first-order valence-corrected chi connectivity index (χ1v) is 5.91. The van der Waals surface area contributed by atoms with Crippen molar-refractivity contribution in [2.75, 3.05) is 0 Å². The van der Waals surface area contributed by atoms with Crippen molar-refractivity contribution < 1.29 is 4.79 Å². The average Bonchev–Trinajstić information content (AvgIpc) is 3.17. The molecule has 3 heteroatoms. The lowest BCUT2D eigenvalue weighted by Crippen LogP contribution is -2.15. The molecule has 2 aromatic rings. The number of carbonyl (C=O) groups excluding carboxylic acids is 1. The number of rotatable bonds is 3. The van der Waals surface area contributed by atoms with Gasteiger partial charge in [0.15, 0.2) is 5.78 Å². The molecule has 3 nitrogen and oxygen atoms in total. The zero-order chi connectivity index (χ0) is 11.8. The lowest BCUT2D eigenvalue weighted by atomic mass is 10.2. The van der Waals surface area contributed by atoms with Gasteiger partial charge in [0.1, 0.15) is 0 Å². The third-order valence-electron chi connectivity index (χ3n) is 3.28. The molecule has 0 saturated heterocycles.